The standard InChI is InChI=1S/C13H13N3O3S/c1-2-19-13(18)9-10(14)16(15-11(9)20)12(17)8-6-4-3-5-7-8/h3-7H,2,14H2,1H3,(H,15,20). The molecule has 0 spiro atoms. The number of hydrogen-bond acceptors (Lipinski definition) is 5. The number of nitrogens with two attached hydrogens (primary N) is 1. The van der Waals surface area contributed by atoms with Crippen molar-refractivity contribution in [1.82, 2.24) is 9.78 Å². The Labute approximate surface area is 120 Å². The van der Waals surface area contributed by atoms with Gasteiger partial charge in [-0.05, 0) is 19.1 Å². The SMILES string of the molecule is CCOC(=O)c1c(N)n(C(=O)c2ccccc2)[nH]c1=S. The molecule has 7 heteroatoms. The van der Waals surface area contributed by atoms with Crippen LogP contribution in [0.3, 0.4) is 0 Å². The van der Waals surface area contributed by atoms with Crippen LogP contribution in [0.15, 0.2) is 30.3 Å². The van der Waals surface area contributed by atoms with Crippen molar-refractivity contribution in [3.05, 3.63) is 46.1 Å². The van der Waals surface area contributed by atoms with Crippen LogP contribution in [0.2, 0.25) is 0 Å². The molecule has 0 saturated carbocycles. The number of nitrogen functional groups attached to an aromatic ring is 1. The maximum Gasteiger partial charge on any atom is 0.345 e. The highest BCUT2D eigenvalue weighted by atomic mass is 32.1. The van der Waals surface area contributed by atoms with Crippen molar-refractivity contribution in [3.8, 4) is 0 Å². The second kappa shape index (κ2) is 5.70. The van der Waals surface area contributed by atoms with E-state index in [1.807, 2.05) is 0 Å². The summed E-state index contributed by atoms with van der Waals surface area (Å²) in [5, 5.41) is 2.61. The van der Waals surface area contributed by atoms with E-state index in [1.165, 1.54) is 0 Å². The van der Waals surface area contributed by atoms with Crippen LogP contribution in [0.4, 0.5) is 5.82 Å². The molecule has 0 saturated heterocycles. The summed E-state index contributed by atoms with van der Waals surface area (Å²) in [7, 11) is 0. The monoisotopic (exact) mass is 291 g/mol. The molecule has 0 aliphatic rings. The van der Waals surface area contributed by atoms with Gasteiger partial charge in [-0.25, -0.2) is 9.48 Å². The lowest BCUT2D eigenvalue weighted by molar-refractivity contribution is 0.0527. The molecule has 0 unspecified atom stereocenters. The fourth-order valence-corrected chi connectivity index (χ4v) is 2.00. The number of nitrogens with one attached hydrogen (secondary N) is 1. The van der Waals surface area contributed by atoms with Gasteiger partial charge in [-0.3, -0.25) is 9.89 Å². The maximum atomic E-state index is 12.3. The summed E-state index contributed by atoms with van der Waals surface area (Å²) in [4.78, 5) is 24.0. The minimum atomic E-state index is -0.647. The fourth-order valence-electron chi connectivity index (χ4n) is 1.72. The molecule has 104 valence electrons. The molecule has 2 rings (SSSR count). The summed E-state index contributed by atoms with van der Waals surface area (Å²) in [6.07, 6.45) is 0. The van der Waals surface area contributed by atoms with Gasteiger partial charge in [-0.1, -0.05) is 30.4 Å². The summed E-state index contributed by atoms with van der Waals surface area (Å²) in [5.74, 6) is -1.10. The quantitative estimate of drug-likeness (QED) is 0.666. The molecule has 0 atom stereocenters. The Kier molecular flexibility index (Phi) is 3.99. The van der Waals surface area contributed by atoms with Crippen LogP contribution >= 0.6 is 12.2 Å². The van der Waals surface area contributed by atoms with E-state index in [9.17, 15) is 9.59 Å². The van der Waals surface area contributed by atoms with Gasteiger partial charge in [0.25, 0.3) is 5.91 Å². The number of anilines is 1. The van der Waals surface area contributed by atoms with E-state index in [4.69, 9.17) is 22.7 Å². The van der Waals surface area contributed by atoms with Gasteiger partial charge in [-0.15, -0.1) is 0 Å². The second-order valence-corrected chi connectivity index (χ2v) is 4.34. The third kappa shape index (κ3) is 2.48. The van der Waals surface area contributed by atoms with Gasteiger partial charge in [0.05, 0.1) is 6.61 Å². The number of ether oxygens (including phenoxy) is 1. The highest BCUT2D eigenvalue weighted by molar-refractivity contribution is 7.71. The van der Waals surface area contributed by atoms with E-state index >= 15 is 0 Å². The predicted molar refractivity (Wildman–Crippen MR) is 76.2 cm³/mol. The number of hydrogen-bond donors (Lipinski definition) is 2. The Bertz CT molecular complexity index is 703. The van der Waals surface area contributed by atoms with E-state index in [2.05, 4.69) is 5.10 Å². The fraction of sp³-hybridized carbons (Fsp3) is 0.154. The number of aromatic amines is 1. The topological polar surface area (TPSA) is 90.1 Å². The zero-order chi connectivity index (χ0) is 14.7. The first kappa shape index (κ1) is 14.0. The molecule has 0 aliphatic heterocycles. The minimum Gasteiger partial charge on any atom is -0.462 e. The summed E-state index contributed by atoms with van der Waals surface area (Å²) in [6, 6.07) is 8.54. The van der Waals surface area contributed by atoms with E-state index in [-0.39, 0.29) is 22.6 Å². The van der Waals surface area contributed by atoms with Gasteiger partial charge in [0, 0.05) is 5.56 Å². The molecule has 20 heavy (non-hydrogen) atoms. The molecule has 0 amide bonds. The summed E-state index contributed by atoms with van der Waals surface area (Å²) in [5.41, 5.74) is 6.25. The minimum absolute atomic E-state index is 0.00568. The lowest BCUT2D eigenvalue weighted by Crippen LogP contribution is -2.17. The maximum absolute atomic E-state index is 12.3. The molecule has 0 fully saturated rings. The average Bonchev–Trinajstić information content (AvgIpc) is 2.74. The largest absolute Gasteiger partial charge is 0.462 e. The van der Waals surface area contributed by atoms with Crippen LogP contribution in [-0.4, -0.2) is 28.3 Å². The van der Waals surface area contributed by atoms with Crippen molar-refractivity contribution in [2.75, 3.05) is 12.3 Å². The van der Waals surface area contributed by atoms with Crippen LogP contribution in [0.25, 0.3) is 0 Å². The number of aromatic nitrogens is 2. The van der Waals surface area contributed by atoms with Crippen LogP contribution in [-0.2, 0) is 4.74 Å². The second-order valence-electron chi connectivity index (χ2n) is 3.93. The van der Waals surface area contributed by atoms with E-state index in [0.717, 1.165) is 4.68 Å². The smallest absolute Gasteiger partial charge is 0.345 e. The molecule has 1 heterocycles. The van der Waals surface area contributed by atoms with Gasteiger partial charge in [0.1, 0.15) is 16.0 Å². The number of benzene rings is 1. The first-order valence-corrected chi connectivity index (χ1v) is 6.34. The Morgan fingerprint density at radius 2 is 2.00 bits per heavy atom. The molecule has 0 aliphatic carbocycles. The summed E-state index contributed by atoms with van der Waals surface area (Å²) < 4.78 is 5.98. The Balaban J connectivity index is 2.45. The Morgan fingerprint density at radius 3 is 2.60 bits per heavy atom. The number of H-pyrrole nitrogens is 1. The predicted octanol–water partition coefficient (Wildman–Crippen LogP) is 1.99. The highest BCUT2D eigenvalue weighted by Gasteiger charge is 2.22. The highest BCUT2D eigenvalue weighted by Crippen LogP contribution is 2.16. The van der Waals surface area contributed by atoms with E-state index < -0.39 is 11.9 Å². The summed E-state index contributed by atoms with van der Waals surface area (Å²) in [6.45, 7) is 1.87. The number of nitrogens with zero attached hydrogens (tertiary/aromatic N) is 1. The van der Waals surface area contributed by atoms with Gasteiger partial charge in [0.15, 0.2) is 0 Å². The molecular weight excluding hydrogens is 278 g/mol. The van der Waals surface area contributed by atoms with Gasteiger partial charge in [0.2, 0.25) is 0 Å². The molecule has 2 aromatic rings. The average molecular weight is 291 g/mol. The van der Waals surface area contributed by atoms with Crippen LogP contribution < -0.4 is 5.73 Å². The molecule has 3 N–H and O–H groups in total. The van der Waals surface area contributed by atoms with Crippen molar-refractivity contribution >= 4 is 29.9 Å². The molecule has 1 aromatic carbocycles. The molecule has 1 aromatic heterocycles. The Hall–Kier alpha value is -2.41. The molecule has 0 radical (unpaired) electrons. The number of carbonyl (C=O) groups excluding carboxylic acids is 2. The van der Waals surface area contributed by atoms with Gasteiger partial charge < -0.3 is 10.5 Å². The van der Waals surface area contributed by atoms with Crippen molar-refractivity contribution in [2.45, 2.75) is 6.92 Å². The van der Waals surface area contributed by atoms with E-state index in [1.54, 1.807) is 37.3 Å². The lowest BCUT2D eigenvalue weighted by atomic mass is 10.2. The Morgan fingerprint density at radius 1 is 1.35 bits per heavy atom. The third-order valence-electron chi connectivity index (χ3n) is 2.64. The van der Waals surface area contributed by atoms with Crippen LogP contribution in [0.5, 0.6) is 0 Å². The third-order valence-corrected chi connectivity index (χ3v) is 2.94. The van der Waals surface area contributed by atoms with Crippen LogP contribution in [0, 0.1) is 4.64 Å². The number of carbonyl (C=O) groups is 2. The van der Waals surface area contributed by atoms with Crippen molar-refractivity contribution in [3.63, 3.8) is 0 Å². The normalized spacial score (nSPS) is 10.2. The van der Waals surface area contributed by atoms with Gasteiger partial charge >= 0.3 is 5.97 Å². The van der Waals surface area contributed by atoms with Crippen LogP contribution in [0.1, 0.15) is 27.6 Å². The lowest BCUT2D eigenvalue weighted by Gasteiger charge is -2.04. The molecule has 0 bridgehead atoms. The van der Waals surface area contributed by atoms with Crippen molar-refractivity contribution in [1.29, 1.82) is 0 Å². The van der Waals surface area contributed by atoms with Crippen molar-refractivity contribution in [2.24, 2.45) is 0 Å². The van der Waals surface area contributed by atoms with E-state index in [0.29, 0.717) is 5.56 Å². The van der Waals surface area contributed by atoms with Gasteiger partial charge in [-0.2, -0.15) is 0 Å². The first-order valence-electron chi connectivity index (χ1n) is 5.93. The molecule has 6 nitrogen and oxygen atoms in total. The zero-order valence-electron chi connectivity index (χ0n) is 10.8. The number of esters is 1. The molecular formula is C13H13N3O3S. The summed E-state index contributed by atoms with van der Waals surface area (Å²) >= 11 is 5.01. The zero-order valence-corrected chi connectivity index (χ0v) is 11.6. The number of rotatable bonds is 3. The van der Waals surface area contributed by atoms with Crippen molar-refractivity contribution < 1.29 is 14.3 Å². The first-order chi connectivity index (χ1) is 9.56.